The molecule has 0 radical (unpaired) electrons. The van der Waals surface area contributed by atoms with E-state index in [1.807, 2.05) is 0 Å². The lowest BCUT2D eigenvalue weighted by atomic mass is 10.1. The number of ether oxygens (including phenoxy) is 1. The fraction of sp³-hybridized carbons (Fsp3) is 0.0714. The number of Topliss-reactive ketones (excluding diaryl/α,β-unsaturated/α-hetero) is 1. The van der Waals surface area contributed by atoms with Crippen molar-refractivity contribution in [1.82, 2.24) is 4.98 Å². The fourth-order valence-corrected chi connectivity index (χ4v) is 1.70. The second kappa shape index (κ2) is 6.11. The second-order valence-corrected chi connectivity index (χ2v) is 4.13. The number of benzene rings is 1. The number of esters is 1. The minimum absolute atomic E-state index is 0.300. The van der Waals surface area contributed by atoms with Crippen molar-refractivity contribution < 1.29 is 14.3 Å². The third-order valence-corrected chi connectivity index (χ3v) is 2.74. The van der Waals surface area contributed by atoms with Gasteiger partial charge in [0.1, 0.15) is 0 Å². The number of hydrogen-bond donors (Lipinski definition) is 0. The molecule has 2 aromatic rings. The largest absolute Gasteiger partial charge is 0.454 e. The van der Waals surface area contributed by atoms with E-state index in [4.69, 9.17) is 16.3 Å². The van der Waals surface area contributed by atoms with Gasteiger partial charge in [-0.15, -0.1) is 0 Å². The molecule has 96 valence electrons. The Hall–Kier alpha value is -2.20. The summed E-state index contributed by atoms with van der Waals surface area (Å²) in [6.45, 7) is -0.350. The van der Waals surface area contributed by atoms with E-state index in [0.29, 0.717) is 16.1 Å². The summed E-state index contributed by atoms with van der Waals surface area (Å²) in [6, 6.07) is 9.80. The van der Waals surface area contributed by atoms with Crippen molar-refractivity contribution in [2.45, 2.75) is 0 Å². The number of hydrogen-bond acceptors (Lipinski definition) is 4. The number of carbonyl (C=O) groups excluding carboxylic acids is 2. The number of aromatic nitrogens is 1. The highest BCUT2D eigenvalue weighted by atomic mass is 35.5. The number of ketones is 1. The van der Waals surface area contributed by atoms with Crippen molar-refractivity contribution in [3.05, 3.63) is 64.9 Å². The Labute approximate surface area is 115 Å². The number of nitrogens with zero attached hydrogens (tertiary/aromatic N) is 1. The molecular formula is C14H10ClNO3. The molecule has 5 heteroatoms. The Morgan fingerprint density at radius 1 is 1.16 bits per heavy atom. The highest BCUT2D eigenvalue weighted by Crippen LogP contribution is 2.15. The van der Waals surface area contributed by atoms with E-state index in [2.05, 4.69) is 4.98 Å². The van der Waals surface area contributed by atoms with Crippen LogP contribution >= 0.6 is 11.6 Å². The summed E-state index contributed by atoms with van der Waals surface area (Å²) >= 11 is 5.88. The van der Waals surface area contributed by atoms with E-state index >= 15 is 0 Å². The molecule has 0 spiro atoms. The van der Waals surface area contributed by atoms with Crippen LogP contribution in [0.2, 0.25) is 5.02 Å². The van der Waals surface area contributed by atoms with E-state index in [1.54, 1.807) is 42.6 Å². The van der Waals surface area contributed by atoms with Crippen molar-refractivity contribution in [1.29, 1.82) is 0 Å². The molecule has 0 unspecified atom stereocenters. The van der Waals surface area contributed by atoms with E-state index in [1.165, 1.54) is 6.20 Å². The van der Waals surface area contributed by atoms with Crippen molar-refractivity contribution in [2.75, 3.05) is 6.61 Å². The molecule has 0 amide bonds. The zero-order valence-corrected chi connectivity index (χ0v) is 10.6. The van der Waals surface area contributed by atoms with Gasteiger partial charge in [-0.25, -0.2) is 4.79 Å². The highest BCUT2D eigenvalue weighted by molar-refractivity contribution is 6.34. The van der Waals surface area contributed by atoms with Crippen molar-refractivity contribution in [3.63, 3.8) is 0 Å². The Morgan fingerprint density at radius 3 is 2.63 bits per heavy atom. The van der Waals surface area contributed by atoms with Crippen LogP contribution in [0.3, 0.4) is 0 Å². The first-order valence-corrected chi connectivity index (χ1v) is 5.91. The molecule has 0 aliphatic heterocycles. The van der Waals surface area contributed by atoms with Crippen LogP contribution in [-0.4, -0.2) is 23.3 Å². The predicted molar refractivity (Wildman–Crippen MR) is 70.3 cm³/mol. The summed E-state index contributed by atoms with van der Waals surface area (Å²) in [4.78, 5) is 27.2. The summed E-state index contributed by atoms with van der Waals surface area (Å²) in [5.41, 5.74) is 0.637. The van der Waals surface area contributed by atoms with Gasteiger partial charge in [0.15, 0.2) is 6.61 Å². The first kappa shape index (κ1) is 13.2. The number of pyridine rings is 1. The third-order valence-electron chi connectivity index (χ3n) is 2.41. The maximum absolute atomic E-state index is 11.8. The molecule has 0 N–H and O–H groups in total. The summed E-state index contributed by atoms with van der Waals surface area (Å²) in [6.07, 6.45) is 2.92. The molecule has 0 fully saturated rings. The van der Waals surface area contributed by atoms with Crippen molar-refractivity contribution >= 4 is 23.4 Å². The maximum Gasteiger partial charge on any atom is 0.340 e. The molecular weight excluding hydrogens is 266 g/mol. The number of carbonyl (C=O) groups is 2. The van der Waals surface area contributed by atoms with Crippen LogP contribution in [0.5, 0.6) is 0 Å². The molecule has 0 saturated carbocycles. The highest BCUT2D eigenvalue weighted by Gasteiger charge is 2.13. The molecule has 4 nitrogen and oxygen atoms in total. The van der Waals surface area contributed by atoms with Crippen LogP contribution in [0, 0.1) is 0 Å². The Bertz CT molecular complexity index is 599. The third kappa shape index (κ3) is 3.39. The first-order valence-electron chi connectivity index (χ1n) is 5.53. The average Bonchev–Trinajstić information content (AvgIpc) is 2.46. The lowest BCUT2D eigenvalue weighted by molar-refractivity contribution is 0.0474. The smallest absolute Gasteiger partial charge is 0.340 e. The SMILES string of the molecule is O=C(OCC(=O)c1ccccc1Cl)c1cccnc1. The van der Waals surface area contributed by atoms with Gasteiger partial charge in [0.2, 0.25) is 5.78 Å². The zero-order chi connectivity index (χ0) is 13.7. The van der Waals surface area contributed by atoms with Crippen LogP contribution in [0.1, 0.15) is 20.7 Å². The summed E-state index contributed by atoms with van der Waals surface area (Å²) in [5.74, 6) is -0.934. The lowest BCUT2D eigenvalue weighted by Crippen LogP contribution is -2.14. The molecule has 0 bridgehead atoms. The van der Waals surface area contributed by atoms with Gasteiger partial charge in [0.25, 0.3) is 0 Å². The van der Waals surface area contributed by atoms with Crippen LogP contribution < -0.4 is 0 Å². The van der Waals surface area contributed by atoms with Gasteiger partial charge in [0, 0.05) is 18.0 Å². The molecule has 1 heterocycles. The Morgan fingerprint density at radius 2 is 1.95 bits per heavy atom. The fourth-order valence-electron chi connectivity index (χ4n) is 1.46. The van der Waals surface area contributed by atoms with E-state index in [9.17, 15) is 9.59 Å². The molecule has 0 aliphatic rings. The minimum Gasteiger partial charge on any atom is -0.454 e. The van der Waals surface area contributed by atoms with Gasteiger partial charge < -0.3 is 4.74 Å². The Balaban J connectivity index is 1.98. The Kier molecular flexibility index (Phi) is 4.26. The molecule has 1 aromatic carbocycles. The summed E-state index contributed by atoms with van der Waals surface area (Å²) in [7, 11) is 0. The molecule has 19 heavy (non-hydrogen) atoms. The summed E-state index contributed by atoms with van der Waals surface area (Å²) in [5, 5.41) is 0.338. The van der Waals surface area contributed by atoms with E-state index in [-0.39, 0.29) is 12.4 Å². The monoisotopic (exact) mass is 275 g/mol. The minimum atomic E-state index is -0.589. The number of rotatable bonds is 4. The van der Waals surface area contributed by atoms with Gasteiger partial charge in [-0.2, -0.15) is 0 Å². The first-order chi connectivity index (χ1) is 9.18. The molecule has 2 rings (SSSR count). The second-order valence-electron chi connectivity index (χ2n) is 3.72. The topological polar surface area (TPSA) is 56.3 Å². The van der Waals surface area contributed by atoms with Gasteiger partial charge in [0.05, 0.1) is 10.6 Å². The lowest BCUT2D eigenvalue weighted by Gasteiger charge is -2.05. The quantitative estimate of drug-likeness (QED) is 0.636. The van der Waals surface area contributed by atoms with Crippen molar-refractivity contribution in [3.8, 4) is 0 Å². The van der Waals surface area contributed by atoms with Gasteiger partial charge in [-0.05, 0) is 24.3 Å². The molecule has 0 aliphatic carbocycles. The van der Waals surface area contributed by atoms with Crippen LogP contribution in [0.4, 0.5) is 0 Å². The van der Waals surface area contributed by atoms with E-state index < -0.39 is 5.97 Å². The summed E-state index contributed by atoms with van der Waals surface area (Å²) < 4.78 is 4.91. The molecule has 1 aromatic heterocycles. The van der Waals surface area contributed by atoms with E-state index in [0.717, 1.165) is 0 Å². The van der Waals surface area contributed by atoms with Gasteiger partial charge >= 0.3 is 5.97 Å². The van der Waals surface area contributed by atoms with Crippen LogP contribution in [-0.2, 0) is 4.74 Å². The predicted octanol–water partition coefficient (Wildman–Crippen LogP) is 2.77. The number of halogens is 1. The average molecular weight is 276 g/mol. The zero-order valence-electron chi connectivity index (χ0n) is 9.88. The molecule has 0 atom stereocenters. The van der Waals surface area contributed by atoms with Crippen LogP contribution in [0.15, 0.2) is 48.8 Å². The van der Waals surface area contributed by atoms with Crippen molar-refractivity contribution in [2.24, 2.45) is 0 Å². The molecule has 0 saturated heterocycles. The standard InChI is InChI=1S/C14H10ClNO3/c15-12-6-2-1-5-11(12)13(17)9-19-14(18)10-4-3-7-16-8-10/h1-8H,9H2. The van der Waals surface area contributed by atoms with Gasteiger partial charge in [-0.1, -0.05) is 23.7 Å². The van der Waals surface area contributed by atoms with Crippen LogP contribution in [0.25, 0.3) is 0 Å². The van der Waals surface area contributed by atoms with Gasteiger partial charge in [-0.3, -0.25) is 9.78 Å². The normalized spacial score (nSPS) is 9.95. The maximum atomic E-state index is 11.8.